The van der Waals surface area contributed by atoms with E-state index in [1.807, 2.05) is 0 Å². The van der Waals surface area contributed by atoms with Crippen LogP contribution >= 0.6 is 0 Å². The van der Waals surface area contributed by atoms with Crippen molar-refractivity contribution < 1.29 is 0 Å². The highest BCUT2D eigenvalue weighted by Gasteiger charge is 2.19. The number of nitrogens with zero attached hydrogens (tertiary/aromatic N) is 2. The molecule has 0 aliphatic carbocycles. The lowest BCUT2D eigenvalue weighted by Crippen LogP contribution is -2.10. The predicted molar refractivity (Wildman–Crippen MR) is 264 cm³/mol. The van der Waals surface area contributed by atoms with Crippen molar-refractivity contribution in [1.82, 2.24) is 4.57 Å². The number of hydrogen-bond acceptors (Lipinski definition) is 1. The van der Waals surface area contributed by atoms with Gasteiger partial charge in [0.25, 0.3) is 0 Å². The van der Waals surface area contributed by atoms with Crippen molar-refractivity contribution in [1.29, 1.82) is 0 Å². The molecule has 11 aromatic carbocycles. The second kappa shape index (κ2) is 14.8. The van der Waals surface area contributed by atoms with E-state index in [1.165, 1.54) is 87.5 Å². The lowest BCUT2D eigenvalue weighted by Gasteiger charge is -2.27. The van der Waals surface area contributed by atoms with Gasteiger partial charge >= 0.3 is 0 Å². The number of para-hydroxylation sites is 2. The Kier molecular flexibility index (Phi) is 8.53. The SMILES string of the molecule is c1ccc(-c2ccc(-c3ccc(N(c4ccc(-c5cccc6c5c5ccccc5n6-c5ccccc5)cc4)c4ccc5c6ccccc6c6ccccc6c5c4)cc3)cc2)cc1. The molecule has 0 saturated heterocycles. The van der Waals surface area contributed by atoms with E-state index in [0.717, 1.165) is 22.7 Å². The summed E-state index contributed by atoms with van der Waals surface area (Å²) >= 11 is 0. The van der Waals surface area contributed by atoms with Crippen LogP contribution in [0.15, 0.2) is 243 Å². The van der Waals surface area contributed by atoms with Crippen LogP contribution in [0.4, 0.5) is 17.1 Å². The molecule has 0 saturated carbocycles. The second-order valence-electron chi connectivity index (χ2n) is 16.1. The molecule has 0 spiro atoms. The minimum atomic E-state index is 1.09. The average Bonchev–Trinajstić information content (AvgIpc) is 3.70. The predicted octanol–water partition coefficient (Wildman–Crippen LogP) is 16.7. The Morgan fingerprint density at radius 3 is 1.27 bits per heavy atom. The highest BCUT2D eigenvalue weighted by atomic mass is 15.1. The van der Waals surface area contributed by atoms with E-state index < -0.39 is 0 Å². The van der Waals surface area contributed by atoms with E-state index in [9.17, 15) is 0 Å². The third-order valence-electron chi connectivity index (χ3n) is 12.6. The molecular formula is C60H40N2. The van der Waals surface area contributed by atoms with Crippen molar-refractivity contribution >= 4 is 71.2 Å². The van der Waals surface area contributed by atoms with Gasteiger partial charge in [-0.05, 0) is 126 Å². The van der Waals surface area contributed by atoms with E-state index >= 15 is 0 Å². The molecule has 0 aliphatic rings. The monoisotopic (exact) mass is 788 g/mol. The van der Waals surface area contributed by atoms with Crippen LogP contribution in [0, 0.1) is 0 Å². The fourth-order valence-electron chi connectivity index (χ4n) is 9.68. The highest BCUT2D eigenvalue weighted by molar-refractivity contribution is 6.26. The van der Waals surface area contributed by atoms with Gasteiger partial charge in [0.1, 0.15) is 0 Å². The quantitative estimate of drug-likeness (QED) is 0.146. The first-order valence-corrected chi connectivity index (χ1v) is 21.3. The van der Waals surface area contributed by atoms with Crippen molar-refractivity contribution in [2.24, 2.45) is 0 Å². The normalized spacial score (nSPS) is 11.5. The van der Waals surface area contributed by atoms with Crippen molar-refractivity contribution in [3.05, 3.63) is 243 Å². The van der Waals surface area contributed by atoms with Crippen LogP contribution in [0.25, 0.3) is 93.2 Å². The van der Waals surface area contributed by atoms with Gasteiger partial charge in [-0.3, -0.25) is 0 Å². The fraction of sp³-hybridized carbons (Fsp3) is 0. The minimum absolute atomic E-state index is 1.09. The lowest BCUT2D eigenvalue weighted by atomic mass is 9.94. The van der Waals surface area contributed by atoms with E-state index in [2.05, 4.69) is 252 Å². The van der Waals surface area contributed by atoms with E-state index in [-0.39, 0.29) is 0 Å². The molecule has 0 atom stereocenters. The first kappa shape index (κ1) is 35.7. The first-order valence-electron chi connectivity index (χ1n) is 21.3. The lowest BCUT2D eigenvalue weighted by molar-refractivity contribution is 1.18. The summed E-state index contributed by atoms with van der Waals surface area (Å²) in [5.74, 6) is 0. The van der Waals surface area contributed by atoms with Gasteiger partial charge in [0.2, 0.25) is 0 Å². The van der Waals surface area contributed by atoms with Crippen molar-refractivity contribution in [3.8, 4) is 39.1 Å². The molecule has 62 heavy (non-hydrogen) atoms. The molecule has 0 amide bonds. The molecule has 290 valence electrons. The highest BCUT2D eigenvalue weighted by Crippen LogP contribution is 2.43. The Morgan fingerprint density at radius 2 is 0.677 bits per heavy atom. The van der Waals surface area contributed by atoms with Gasteiger partial charge < -0.3 is 9.47 Å². The number of fused-ring (bicyclic) bond motifs is 9. The van der Waals surface area contributed by atoms with Gasteiger partial charge in [-0.25, -0.2) is 0 Å². The van der Waals surface area contributed by atoms with Crippen LogP contribution < -0.4 is 4.90 Å². The summed E-state index contributed by atoms with van der Waals surface area (Å²) in [5.41, 5.74) is 14.1. The van der Waals surface area contributed by atoms with Gasteiger partial charge in [0.15, 0.2) is 0 Å². The molecule has 0 bridgehead atoms. The largest absolute Gasteiger partial charge is 0.310 e. The molecule has 0 fully saturated rings. The summed E-state index contributed by atoms with van der Waals surface area (Å²) in [6, 6.07) is 88.4. The Labute approximate surface area is 360 Å². The summed E-state index contributed by atoms with van der Waals surface area (Å²) in [7, 11) is 0. The Morgan fingerprint density at radius 1 is 0.258 bits per heavy atom. The maximum absolute atomic E-state index is 2.40. The number of rotatable bonds is 7. The van der Waals surface area contributed by atoms with E-state index in [4.69, 9.17) is 0 Å². The zero-order chi connectivity index (χ0) is 41.0. The molecule has 12 rings (SSSR count). The third-order valence-corrected chi connectivity index (χ3v) is 12.6. The topological polar surface area (TPSA) is 8.17 Å². The smallest absolute Gasteiger partial charge is 0.0547 e. The molecular weight excluding hydrogens is 749 g/mol. The van der Waals surface area contributed by atoms with Crippen LogP contribution in [0.3, 0.4) is 0 Å². The zero-order valence-corrected chi connectivity index (χ0v) is 34.0. The standard InChI is InChI=1S/C60H40N2/c1-3-14-41(15-4-1)42-26-28-43(29-27-42)44-30-34-47(35-31-44)61(49-38-39-55-53-20-8-7-18-51(53)52-19-9-10-21-54(52)57(55)40-49)48-36-32-45(33-37-48)50-23-13-25-59-60(50)56-22-11-12-24-58(56)62(59)46-16-5-2-6-17-46/h1-40H. The fourth-order valence-corrected chi connectivity index (χ4v) is 9.68. The molecule has 1 aromatic heterocycles. The summed E-state index contributed by atoms with van der Waals surface area (Å²) in [4.78, 5) is 2.40. The zero-order valence-electron chi connectivity index (χ0n) is 34.0. The Balaban J connectivity index is 0.992. The van der Waals surface area contributed by atoms with Gasteiger partial charge in [0, 0.05) is 33.5 Å². The van der Waals surface area contributed by atoms with E-state index in [1.54, 1.807) is 0 Å². The van der Waals surface area contributed by atoms with Gasteiger partial charge in [0.05, 0.1) is 11.0 Å². The minimum Gasteiger partial charge on any atom is -0.310 e. The Hall–Kier alpha value is -8.20. The second-order valence-corrected chi connectivity index (χ2v) is 16.1. The molecule has 0 N–H and O–H groups in total. The van der Waals surface area contributed by atoms with Crippen LogP contribution in [-0.2, 0) is 0 Å². The van der Waals surface area contributed by atoms with Gasteiger partial charge in [-0.1, -0.05) is 182 Å². The molecule has 0 aliphatic heterocycles. The first-order chi connectivity index (χ1) is 30.8. The van der Waals surface area contributed by atoms with Crippen molar-refractivity contribution in [2.45, 2.75) is 0 Å². The van der Waals surface area contributed by atoms with Crippen LogP contribution in [0.2, 0.25) is 0 Å². The molecule has 0 unspecified atom stereocenters. The number of aromatic nitrogens is 1. The third kappa shape index (κ3) is 5.96. The molecule has 2 nitrogen and oxygen atoms in total. The van der Waals surface area contributed by atoms with Crippen molar-refractivity contribution in [3.63, 3.8) is 0 Å². The molecule has 1 heterocycles. The van der Waals surface area contributed by atoms with Crippen LogP contribution in [0.5, 0.6) is 0 Å². The summed E-state index contributed by atoms with van der Waals surface area (Å²) in [6.45, 7) is 0. The molecule has 12 aromatic rings. The van der Waals surface area contributed by atoms with Gasteiger partial charge in [-0.15, -0.1) is 0 Å². The Bertz CT molecular complexity index is 3550. The maximum atomic E-state index is 2.40. The van der Waals surface area contributed by atoms with Crippen molar-refractivity contribution in [2.75, 3.05) is 4.90 Å². The van der Waals surface area contributed by atoms with Gasteiger partial charge in [-0.2, -0.15) is 0 Å². The maximum Gasteiger partial charge on any atom is 0.0547 e. The summed E-state index contributed by atoms with van der Waals surface area (Å²) in [6.07, 6.45) is 0. The molecule has 2 heteroatoms. The van der Waals surface area contributed by atoms with Crippen LogP contribution in [-0.4, -0.2) is 4.57 Å². The summed E-state index contributed by atoms with van der Waals surface area (Å²) < 4.78 is 2.39. The molecule has 0 radical (unpaired) electrons. The average molecular weight is 789 g/mol. The number of anilines is 3. The van der Waals surface area contributed by atoms with Crippen LogP contribution in [0.1, 0.15) is 0 Å². The van der Waals surface area contributed by atoms with E-state index in [0.29, 0.717) is 0 Å². The number of benzene rings is 11. The summed E-state index contributed by atoms with van der Waals surface area (Å²) in [5, 5.41) is 10.1. The number of hydrogen-bond donors (Lipinski definition) is 0.